The van der Waals surface area contributed by atoms with E-state index in [1.54, 1.807) is 12.4 Å². The molecule has 3 rings (SSSR count). The smallest absolute Gasteiger partial charge is 0.255 e. The molecule has 96 valence electrons. The third-order valence-electron chi connectivity index (χ3n) is 3.36. The molecular formula is C15H15N3O. The van der Waals surface area contributed by atoms with Gasteiger partial charge in [-0.25, -0.2) is 0 Å². The lowest BCUT2D eigenvalue weighted by molar-refractivity contribution is 0.102. The summed E-state index contributed by atoms with van der Waals surface area (Å²) < 4.78 is 0. The molecule has 0 atom stereocenters. The van der Waals surface area contributed by atoms with Crippen LogP contribution in [0.5, 0.6) is 0 Å². The first-order valence-corrected chi connectivity index (χ1v) is 6.33. The van der Waals surface area contributed by atoms with Crippen LogP contribution in [0.3, 0.4) is 0 Å². The molecule has 0 bridgehead atoms. The molecule has 0 radical (unpaired) electrons. The number of hydrogen-bond acceptors (Lipinski definition) is 3. The Kier molecular flexibility index (Phi) is 2.91. The monoisotopic (exact) mass is 253 g/mol. The Morgan fingerprint density at radius 3 is 3.11 bits per heavy atom. The van der Waals surface area contributed by atoms with Crippen molar-refractivity contribution in [1.82, 2.24) is 4.98 Å². The van der Waals surface area contributed by atoms with E-state index < -0.39 is 0 Å². The average molecular weight is 253 g/mol. The van der Waals surface area contributed by atoms with Crippen LogP contribution >= 0.6 is 0 Å². The van der Waals surface area contributed by atoms with Gasteiger partial charge in [0.25, 0.3) is 5.91 Å². The van der Waals surface area contributed by atoms with Crippen molar-refractivity contribution in [2.24, 2.45) is 0 Å². The second-order valence-corrected chi connectivity index (χ2v) is 4.69. The summed E-state index contributed by atoms with van der Waals surface area (Å²) in [5, 5.41) is 6.18. The predicted octanol–water partition coefficient (Wildman–Crippen LogP) is 2.61. The van der Waals surface area contributed by atoms with Gasteiger partial charge in [0.2, 0.25) is 0 Å². The van der Waals surface area contributed by atoms with Crippen molar-refractivity contribution in [3.05, 3.63) is 53.3 Å². The Morgan fingerprint density at radius 2 is 2.26 bits per heavy atom. The fourth-order valence-electron chi connectivity index (χ4n) is 2.24. The standard InChI is InChI=1S/C15H15N3O/c1-10-4-6-16-9-14(10)18-15(19)12-2-3-13-11(8-12)5-7-17-13/h2-4,6,8-9,17H,5,7H2,1H3,(H,18,19). The van der Waals surface area contributed by atoms with Crippen LogP contribution in [0.1, 0.15) is 21.5 Å². The number of pyridine rings is 1. The van der Waals surface area contributed by atoms with Gasteiger partial charge in [0.05, 0.1) is 11.9 Å². The summed E-state index contributed by atoms with van der Waals surface area (Å²) in [6.07, 6.45) is 4.36. The highest BCUT2D eigenvalue weighted by Crippen LogP contribution is 2.23. The summed E-state index contributed by atoms with van der Waals surface area (Å²) in [7, 11) is 0. The Morgan fingerprint density at radius 1 is 1.37 bits per heavy atom. The second kappa shape index (κ2) is 4.72. The van der Waals surface area contributed by atoms with Gasteiger partial charge in [0, 0.05) is 24.0 Å². The molecule has 0 saturated carbocycles. The van der Waals surface area contributed by atoms with Crippen LogP contribution in [0, 0.1) is 6.92 Å². The molecule has 1 aromatic heterocycles. The zero-order valence-corrected chi connectivity index (χ0v) is 10.7. The molecule has 0 aliphatic carbocycles. The zero-order chi connectivity index (χ0) is 13.2. The van der Waals surface area contributed by atoms with Gasteiger partial charge in [-0.3, -0.25) is 9.78 Å². The summed E-state index contributed by atoms with van der Waals surface area (Å²) >= 11 is 0. The van der Waals surface area contributed by atoms with Gasteiger partial charge in [0.1, 0.15) is 0 Å². The number of anilines is 2. The van der Waals surface area contributed by atoms with Crippen LogP contribution in [0.4, 0.5) is 11.4 Å². The minimum Gasteiger partial charge on any atom is -0.384 e. The van der Waals surface area contributed by atoms with E-state index in [2.05, 4.69) is 15.6 Å². The minimum atomic E-state index is -0.0919. The van der Waals surface area contributed by atoms with Crippen LogP contribution in [0.15, 0.2) is 36.7 Å². The molecule has 1 aliphatic rings. The topological polar surface area (TPSA) is 54.0 Å². The third-order valence-corrected chi connectivity index (χ3v) is 3.36. The molecule has 4 heteroatoms. The highest BCUT2D eigenvalue weighted by atomic mass is 16.1. The number of rotatable bonds is 2. The molecule has 2 N–H and O–H groups in total. The lowest BCUT2D eigenvalue weighted by atomic mass is 10.1. The first kappa shape index (κ1) is 11.7. The fourth-order valence-corrected chi connectivity index (χ4v) is 2.24. The minimum absolute atomic E-state index is 0.0919. The number of aryl methyl sites for hydroxylation is 1. The van der Waals surface area contributed by atoms with E-state index in [-0.39, 0.29) is 5.91 Å². The van der Waals surface area contributed by atoms with Gasteiger partial charge >= 0.3 is 0 Å². The molecule has 2 aromatic rings. The lowest BCUT2D eigenvalue weighted by Gasteiger charge is -2.08. The Hall–Kier alpha value is -2.36. The van der Waals surface area contributed by atoms with Crippen molar-refractivity contribution in [2.45, 2.75) is 13.3 Å². The summed E-state index contributed by atoms with van der Waals surface area (Å²) in [5.74, 6) is -0.0919. The van der Waals surface area contributed by atoms with Crippen LogP contribution < -0.4 is 10.6 Å². The first-order chi connectivity index (χ1) is 9.24. The van der Waals surface area contributed by atoms with Gasteiger partial charge in [-0.2, -0.15) is 0 Å². The largest absolute Gasteiger partial charge is 0.384 e. The fraction of sp³-hybridized carbons (Fsp3) is 0.200. The van der Waals surface area contributed by atoms with Gasteiger partial charge < -0.3 is 10.6 Å². The number of nitrogens with zero attached hydrogens (tertiary/aromatic N) is 1. The van der Waals surface area contributed by atoms with E-state index in [0.717, 1.165) is 29.9 Å². The van der Waals surface area contributed by atoms with Crippen molar-refractivity contribution >= 4 is 17.3 Å². The molecule has 0 saturated heterocycles. The van der Waals surface area contributed by atoms with Crippen LogP contribution in [-0.2, 0) is 6.42 Å². The Balaban J connectivity index is 1.83. The highest BCUT2D eigenvalue weighted by Gasteiger charge is 2.14. The van der Waals surface area contributed by atoms with E-state index in [1.807, 2.05) is 31.2 Å². The van der Waals surface area contributed by atoms with Crippen molar-refractivity contribution in [3.63, 3.8) is 0 Å². The summed E-state index contributed by atoms with van der Waals surface area (Å²) in [6.45, 7) is 2.89. The molecule has 1 amide bonds. The zero-order valence-electron chi connectivity index (χ0n) is 10.7. The Bertz CT molecular complexity index is 637. The summed E-state index contributed by atoms with van der Waals surface area (Å²) in [5.41, 5.74) is 4.78. The van der Waals surface area contributed by atoms with E-state index in [0.29, 0.717) is 5.56 Å². The normalized spacial score (nSPS) is 12.7. The van der Waals surface area contributed by atoms with Crippen molar-refractivity contribution in [3.8, 4) is 0 Å². The quantitative estimate of drug-likeness (QED) is 0.865. The van der Waals surface area contributed by atoms with E-state index in [9.17, 15) is 4.79 Å². The molecule has 1 aromatic carbocycles. The van der Waals surface area contributed by atoms with E-state index in [1.165, 1.54) is 5.56 Å². The third kappa shape index (κ3) is 2.29. The maximum atomic E-state index is 12.2. The number of amides is 1. The number of aromatic nitrogens is 1. The van der Waals surface area contributed by atoms with E-state index in [4.69, 9.17) is 0 Å². The molecule has 0 spiro atoms. The molecule has 19 heavy (non-hydrogen) atoms. The van der Waals surface area contributed by atoms with Crippen molar-refractivity contribution in [2.75, 3.05) is 17.2 Å². The predicted molar refractivity (Wildman–Crippen MR) is 75.6 cm³/mol. The van der Waals surface area contributed by atoms with Gasteiger partial charge in [-0.05, 0) is 48.7 Å². The number of carbonyl (C=O) groups excluding carboxylic acids is 1. The highest BCUT2D eigenvalue weighted by molar-refractivity contribution is 6.05. The van der Waals surface area contributed by atoms with Gasteiger partial charge in [-0.15, -0.1) is 0 Å². The van der Waals surface area contributed by atoms with Crippen molar-refractivity contribution in [1.29, 1.82) is 0 Å². The van der Waals surface area contributed by atoms with Gasteiger partial charge in [0.15, 0.2) is 0 Å². The number of nitrogens with one attached hydrogen (secondary N) is 2. The maximum absolute atomic E-state index is 12.2. The van der Waals surface area contributed by atoms with Crippen LogP contribution in [0.25, 0.3) is 0 Å². The van der Waals surface area contributed by atoms with Crippen LogP contribution in [-0.4, -0.2) is 17.4 Å². The number of carbonyl (C=O) groups is 1. The number of fused-ring (bicyclic) bond motifs is 1. The number of benzene rings is 1. The molecule has 1 aliphatic heterocycles. The first-order valence-electron chi connectivity index (χ1n) is 6.33. The second-order valence-electron chi connectivity index (χ2n) is 4.69. The molecule has 0 fully saturated rings. The molecule has 0 unspecified atom stereocenters. The van der Waals surface area contributed by atoms with E-state index >= 15 is 0 Å². The molecule has 4 nitrogen and oxygen atoms in total. The summed E-state index contributed by atoms with van der Waals surface area (Å²) in [6, 6.07) is 7.64. The maximum Gasteiger partial charge on any atom is 0.255 e. The summed E-state index contributed by atoms with van der Waals surface area (Å²) in [4.78, 5) is 16.2. The molecular weight excluding hydrogens is 238 g/mol. The molecule has 2 heterocycles. The lowest BCUT2D eigenvalue weighted by Crippen LogP contribution is -2.13. The SMILES string of the molecule is Cc1ccncc1NC(=O)c1ccc2c(c1)CCN2. The Labute approximate surface area is 111 Å². The number of hydrogen-bond donors (Lipinski definition) is 2. The van der Waals surface area contributed by atoms with Gasteiger partial charge in [-0.1, -0.05) is 0 Å². The van der Waals surface area contributed by atoms with Crippen molar-refractivity contribution < 1.29 is 4.79 Å². The van der Waals surface area contributed by atoms with Crippen LogP contribution in [0.2, 0.25) is 0 Å². The average Bonchev–Trinajstić information content (AvgIpc) is 2.88.